The number of amides is 1. The van der Waals surface area contributed by atoms with Crippen LogP contribution in [0.4, 0.5) is 0 Å². The number of piperazine rings is 1. The van der Waals surface area contributed by atoms with Crippen LogP contribution in [0.2, 0.25) is 0 Å². The zero-order valence-corrected chi connectivity index (χ0v) is 14.2. The van der Waals surface area contributed by atoms with Crippen LogP contribution in [0.25, 0.3) is 6.08 Å². The van der Waals surface area contributed by atoms with Gasteiger partial charge in [-0.05, 0) is 42.2 Å². The van der Waals surface area contributed by atoms with Gasteiger partial charge in [-0.2, -0.15) is 0 Å². The fourth-order valence-electron chi connectivity index (χ4n) is 4.16. The minimum absolute atomic E-state index is 0.137. The van der Waals surface area contributed by atoms with Gasteiger partial charge in [0.2, 0.25) is 5.91 Å². The van der Waals surface area contributed by atoms with Crippen molar-refractivity contribution < 1.29 is 9.53 Å². The first-order valence-electron chi connectivity index (χ1n) is 9.26. The molecule has 4 rings (SSSR count). The molecule has 2 heterocycles. The van der Waals surface area contributed by atoms with Crippen molar-refractivity contribution in [2.45, 2.75) is 38.1 Å². The molecule has 128 valence electrons. The molecular weight excluding hydrogens is 300 g/mol. The minimum atomic E-state index is 0.137. The normalized spacial score (nSPS) is 22.1. The van der Waals surface area contributed by atoms with E-state index >= 15 is 0 Å². The first kappa shape index (κ1) is 15.7. The molecule has 3 aliphatic rings. The second-order valence-electron chi connectivity index (χ2n) is 7.10. The van der Waals surface area contributed by atoms with E-state index in [2.05, 4.69) is 11.0 Å². The predicted molar refractivity (Wildman–Crippen MR) is 95.1 cm³/mol. The van der Waals surface area contributed by atoms with Crippen molar-refractivity contribution in [3.8, 4) is 5.75 Å². The van der Waals surface area contributed by atoms with Crippen LogP contribution in [-0.4, -0.2) is 54.5 Å². The van der Waals surface area contributed by atoms with Crippen LogP contribution in [-0.2, 0) is 11.2 Å². The van der Waals surface area contributed by atoms with Crippen LogP contribution in [0.5, 0.6) is 5.75 Å². The third-order valence-corrected chi connectivity index (χ3v) is 5.60. The molecule has 2 aliphatic heterocycles. The van der Waals surface area contributed by atoms with Crippen molar-refractivity contribution in [2.24, 2.45) is 0 Å². The Morgan fingerprint density at radius 1 is 1.12 bits per heavy atom. The first-order chi connectivity index (χ1) is 11.8. The van der Waals surface area contributed by atoms with Gasteiger partial charge in [-0.1, -0.05) is 18.9 Å². The number of ether oxygens (including phenoxy) is 1. The monoisotopic (exact) mass is 326 g/mol. The fraction of sp³-hybridized carbons (Fsp3) is 0.550. The molecule has 1 amide bonds. The summed E-state index contributed by atoms with van der Waals surface area (Å²) < 4.78 is 5.52. The number of hydrogen-bond donors (Lipinski definition) is 0. The van der Waals surface area contributed by atoms with Gasteiger partial charge in [0, 0.05) is 44.7 Å². The van der Waals surface area contributed by atoms with Crippen LogP contribution >= 0.6 is 0 Å². The summed E-state index contributed by atoms with van der Waals surface area (Å²) in [6.45, 7) is 4.54. The van der Waals surface area contributed by atoms with Crippen LogP contribution in [0, 0.1) is 0 Å². The summed E-state index contributed by atoms with van der Waals surface area (Å²) in [4.78, 5) is 17.0. The molecule has 0 radical (unpaired) electrons. The lowest BCUT2D eigenvalue weighted by Gasteiger charge is -2.37. The highest BCUT2D eigenvalue weighted by Crippen LogP contribution is 2.26. The molecule has 0 spiro atoms. The van der Waals surface area contributed by atoms with Gasteiger partial charge >= 0.3 is 0 Å². The van der Waals surface area contributed by atoms with E-state index in [1.165, 1.54) is 31.2 Å². The fourth-order valence-corrected chi connectivity index (χ4v) is 4.16. The van der Waals surface area contributed by atoms with Crippen molar-refractivity contribution in [1.82, 2.24) is 9.80 Å². The summed E-state index contributed by atoms with van der Waals surface area (Å²) in [5.74, 6) is 1.12. The number of rotatable bonds is 3. The number of fused-ring (bicyclic) bond motifs is 1. The minimum Gasteiger partial charge on any atom is -0.493 e. The molecule has 4 heteroatoms. The van der Waals surface area contributed by atoms with E-state index in [1.807, 2.05) is 23.1 Å². The molecule has 1 saturated carbocycles. The molecule has 0 atom stereocenters. The Morgan fingerprint density at radius 3 is 2.71 bits per heavy atom. The Bertz CT molecular complexity index is 627. The van der Waals surface area contributed by atoms with E-state index < -0.39 is 0 Å². The molecule has 0 aromatic heterocycles. The Balaban J connectivity index is 1.31. The zero-order chi connectivity index (χ0) is 16.4. The average molecular weight is 326 g/mol. The third kappa shape index (κ3) is 3.34. The zero-order valence-electron chi connectivity index (χ0n) is 14.2. The second-order valence-corrected chi connectivity index (χ2v) is 7.10. The highest BCUT2D eigenvalue weighted by Gasteiger charge is 2.27. The Labute approximate surface area is 144 Å². The number of carbonyl (C=O) groups excluding carboxylic acids is 1. The molecule has 0 bridgehead atoms. The maximum atomic E-state index is 12.4. The maximum Gasteiger partial charge on any atom is 0.246 e. The number of hydrogen-bond acceptors (Lipinski definition) is 3. The van der Waals surface area contributed by atoms with Crippen LogP contribution < -0.4 is 4.74 Å². The van der Waals surface area contributed by atoms with Gasteiger partial charge in [-0.15, -0.1) is 0 Å². The lowest BCUT2D eigenvalue weighted by molar-refractivity contribution is -0.127. The SMILES string of the molecule is O=C(/C=C/c1ccc2c(c1)CCO2)N1CCN(C2CCCC2)CC1. The standard InChI is InChI=1S/C20H26N2O2/c23-20(8-6-16-5-7-19-17(15-16)9-14-24-19)22-12-10-21(11-13-22)18-3-1-2-4-18/h5-8,15,18H,1-4,9-14H2/b8-6+. The summed E-state index contributed by atoms with van der Waals surface area (Å²) >= 11 is 0. The number of carbonyl (C=O) groups is 1. The summed E-state index contributed by atoms with van der Waals surface area (Å²) in [7, 11) is 0. The molecule has 1 saturated heterocycles. The number of nitrogens with zero attached hydrogens (tertiary/aromatic N) is 2. The van der Waals surface area contributed by atoms with Crippen LogP contribution in [0.15, 0.2) is 24.3 Å². The van der Waals surface area contributed by atoms with E-state index in [4.69, 9.17) is 4.74 Å². The Morgan fingerprint density at radius 2 is 1.92 bits per heavy atom. The van der Waals surface area contributed by atoms with Crippen molar-refractivity contribution in [2.75, 3.05) is 32.8 Å². The van der Waals surface area contributed by atoms with Gasteiger partial charge in [0.25, 0.3) is 0 Å². The summed E-state index contributed by atoms with van der Waals surface area (Å²) in [5.41, 5.74) is 2.33. The van der Waals surface area contributed by atoms with E-state index in [9.17, 15) is 4.79 Å². The van der Waals surface area contributed by atoms with Gasteiger partial charge in [-0.3, -0.25) is 9.69 Å². The molecule has 1 aromatic rings. The van der Waals surface area contributed by atoms with Gasteiger partial charge in [-0.25, -0.2) is 0 Å². The Hall–Kier alpha value is -1.81. The molecule has 1 aromatic carbocycles. The van der Waals surface area contributed by atoms with Gasteiger partial charge in [0.1, 0.15) is 5.75 Å². The highest BCUT2D eigenvalue weighted by molar-refractivity contribution is 5.91. The molecule has 24 heavy (non-hydrogen) atoms. The van der Waals surface area contributed by atoms with E-state index in [1.54, 1.807) is 6.08 Å². The van der Waals surface area contributed by atoms with Crippen LogP contribution in [0.1, 0.15) is 36.8 Å². The smallest absolute Gasteiger partial charge is 0.246 e. The van der Waals surface area contributed by atoms with Gasteiger partial charge < -0.3 is 9.64 Å². The molecule has 1 aliphatic carbocycles. The highest BCUT2D eigenvalue weighted by atomic mass is 16.5. The van der Waals surface area contributed by atoms with Gasteiger partial charge in [0.15, 0.2) is 0 Å². The largest absolute Gasteiger partial charge is 0.493 e. The van der Waals surface area contributed by atoms with Crippen molar-refractivity contribution >= 4 is 12.0 Å². The van der Waals surface area contributed by atoms with E-state index in [-0.39, 0.29) is 5.91 Å². The molecular formula is C20H26N2O2. The molecule has 4 nitrogen and oxygen atoms in total. The second kappa shape index (κ2) is 6.98. The quantitative estimate of drug-likeness (QED) is 0.801. The lowest BCUT2D eigenvalue weighted by Crippen LogP contribution is -2.51. The molecule has 2 fully saturated rings. The molecule has 0 N–H and O–H groups in total. The Kier molecular flexibility index (Phi) is 4.56. The van der Waals surface area contributed by atoms with Crippen molar-refractivity contribution in [1.29, 1.82) is 0 Å². The molecule has 0 unspecified atom stereocenters. The topological polar surface area (TPSA) is 32.8 Å². The maximum absolute atomic E-state index is 12.4. The van der Waals surface area contributed by atoms with Crippen molar-refractivity contribution in [3.63, 3.8) is 0 Å². The summed E-state index contributed by atoms with van der Waals surface area (Å²) in [6, 6.07) is 6.93. The lowest BCUT2D eigenvalue weighted by atomic mass is 10.1. The first-order valence-corrected chi connectivity index (χ1v) is 9.26. The third-order valence-electron chi connectivity index (χ3n) is 5.60. The summed E-state index contributed by atoms with van der Waals surface area (Å²) in [5, 5.41) is 0. The van der Waals surface area contributed by atoms with E-state index in [0.29, 0.717) is 0 Å². The van der Waals surface area contributed by atoms with E-state index in [0.717, 1.165) is 56.6 Å². The van der Waals surface area contributed by atoms with Crippen LogP contribution in [0.3, 0.4) is 0 Å². The van der Waals surface area contributed by atoms with Gasteiger partial charge in [0.05, 0.1) is 6.61 Å². The predicted octanol–water partition coefficient (Wildman–Crippen LogP) is 2.72. The van der Waals surface area contributed by atoms with Crippen molar-refractivity contribution in [3.05, 3.63) is 35.4 Å². The summed E-state index contributed by atoms with van der Waals surface area (Å²) in [6.07, 6.45) is 10.1. The number of benzene rings is 1. The average Bonchev–Trinajstić information content (AvgIpc) is 3.31.